The van der Waals surface area contributed by atoms with E-state index in [1.807, 2.05) is 60.7 Å². The number of aliphatic carboxylic acids is 1. The smallest absolute Gasteiger partial charge is 0.335 e. The zero-order chi connectivity index (χ0) is 28.9. The normalized spacial score (nSPS) is 23.2. The van der Waals surface area contributed by atoms with E-state index >= 15 is 0 Å². The van der Waals surface area contributed by atoms with Crippen molar-refractivity contribution in [3.8, 4) is 5.75 Å². The third kappa shape index (κ3) is 7.43. The van der Waals surface area contributed by atoms with Gasteiger partial charge in [-0.2, -0.15) is 0 Å². The number of carbonyl (C=O) groups is 1. The van der Waals surface area contributed by atoms with Crippen LogP contribution in [0.3, 0.4) is 0 Å². The number of allylic oxidation sites excluding steroid dienone is 1. The van der Waals surface area contributed by atoms with Crippen LogP contribution in [0.25, 0.3) is 11.1 Å². The summed E-state index contributed by atoms with van der Waals surface area (Å²) < 4.78 is 11.5. The largest absolute Gasteiger partial charge is 1.00 e. The number of aliphatic hydroxyl groups excluding tert-OH is 3. The van der Waals surface area contributed by atoms with Crippen LogP contribution in [0.15, 0.2) is 84.9 Å². The fourth-order valence-corrected chi connectivity index (χ4v) is 5.17. The van der Waals surface area contributed by atoms with Crippen molar-refractivity contribution in [2.45, 2.75) is 44.0 Å². The van der Waals surface area contributed by atoms with Crippen molar-refractivity contribution in [3.63, 3.8) is 0 Å². The summed E-state index contributed by atoms with van der Waals surface area (Å²) in [5.74, 6) is -0.736. The van der Waals surface area contributed by atoms with E-state index in [-0.39, 0.29) is 28.1 Å². The molecule has 0 spiro atoms. The fraction of sp³-hybridized carbons (Fsp3) is 0.344. The van der Waals surface area contributed by atoms with Crippen LogP contribution in [-0.4, -0.2) is 88.8 Å². The summed E-state index contributed by atoms with van der Waals surface area (Å²) in [7, 11) is 3.49. The number of ether oxygens (including phenoxy) is 2. The number of hydrogen-bond acceptors (Lipinski definition) is 6. The van der Waals surface area contributed by atoms with Gasteiger partial charge in [-0.15, -0.1) is 0 Å². The minimum Gasteiger partial charge on any atom is -1.00 e. The van der Waals surface area contributed by atoms with Crippen LogP contribution < -0.4 is 21.7 Å². The lowest BCUT2D eigenvalue weighted by molar-refractivity contribution is -0.944. The minimum atomic E-state index is -1.72. The zero-order valence-corrected chi connectivity index (χ0v) is 25.0. The van der Waals surface area contributed by atoms with Gasteiger partial charge in [0.2, 0.25) is 6.23 Å². The molecule has 4 N–H and O–H groups in total. The van der Waals surface area contributed by atoms with E-state index in [1.165, 1.54) is 11.1 Å². The van der Waals surface area contributed by atoms with Crippen molar-refractivity contribution in [2.24, 2.45) is 0 Å². The van der Waals surface area contributed by atoms with Crippen LogP contribution in [-0.2, 0) is 9.53 Å². The molecule has 0 unspecified atom stereocenters. The van der Waals surface area contributed by atoms with Gasteiger partial charge in [0.05, 0.1) is 14.1 Å². The molecule has 0 amide bonds. The summed E-state index contributed by atoms with van der Waals surface area (Å²) in [5.41, 5.74) is 5.79. The molecule has 4 rings (SSSR count). The van der Waals surface area contributed by atoms with Crippen molar-refractivity contribution in [1.29, 1.82) is 0 Å². The number of quaternary nitrogens is 1. The summed E-state index contributed by atoms with van der Waals surface area (Å²) >= 11 is 0. The second-order valence-electron chi connectivity index (χ2n) is 10.6. The molecule has 0 radical (unpaired) electrons. The highest BCUT2D eigenvalue weighted by Gasteiger charge is 2.52. The number of benzene rings is 3. The van der Waals surface area contributed by atoms with Crippen LogP contribution in [0.2, 0.25) is 0 Å². The van der Waals surface area contributed by atoms with E-state index in [0.717, 1.165) is 23.1 Å². The van der Waals surface area contributed by atoms with E-state index in [2.05, 4.69) is 31.2 Å². The molecule has 1 aliphatic rings. The van der Waals surface area contributed by atoms with Crippen LogP contribution in [0, 0.1) is 0 Å². The molecule has 9 heteroatoms. The zero-order valence-electron chi connectivity index (χ0n) is 23.4. The van der Waals surface area contributed by atoms with Gasteiger partial charge in [0.15, 0.2) is 12.2 Å². The first-order chi connectivity index (χ1) is 19.1. The Morgan fingerprint density at radius 3 is 1.88 bits per heavy atom. The van der Waals surface area contributed by atoms with Gasteiger partial charge >= 0.3 is 5.97 Å². The van der Waals surface area contributed by atoms with E-state index in [1.54, 1.807) is 14.1 Å². The SMILES string of the molecule is CC/C(=C(\c1ccccc1)c1ccc(OCC[N+](C)(C)[C@@H]2O[C@H](C(=O)O)[C@@H](O)[C@H](O)[C@H]2O)cc1)c1ccccc1.[Br-]. The molecule has 3 aromatic rings. The lowest BCUT2D eigenvalue weighted by Gasteiger charge is -2.46. The molecule has 1 saturated heterocycles. The first-order valence-corrected chi connectivity index (χ1v) is 13.5. The van der Waals surface area contributed by atoms with E-state index in [0.29, 0.717) is 12.3 Å². The van der Waals surface area contributed by atoms with Crippen LogP contribution in [0.1, 0.15) is 30.0 Å². The summed E-state index contributed by atoms with van der Waals surface area (Å²) in [6.07, 6.45) is -6.65. The molecular formula is C32H38BrNO7. The Kier molecular flexibility index (Phi) is 11.3. The molecule has 1 heterocycles. The third-order valence-corrected chi connectivity index (χ3v) is 7.44. The van der Waals surface area contributed by atoms with Gasteiger partial charge in [-0.25, -0.2) is 4.79 Å². The van der Waals surface area contributed by atoms with E-state index in [4.69, 9.17) is 9.47 Å². The van der Waals surface area contributed by atoms with Crippen LogP contribution in [0.4, 0.5) is 0 Å². The summed E-state index contributed by atoms with van der Waals surface area (Å²) in [4.78, 5) is 11.5. The van der Waals surface area contributed by atoms with Gasteiger partial charge in [-0.1, -0.05) is 79.7 Å². The number of aliphatic hydroxyl groups is 3. The van der Waals surface area contributed by atoms with Gasteiger partial charge in [0.25, 0.3) is 0 Å². The maximum atomic E-state index is 11.5. The predicted molar refractivity (Wildman–Crippen MR) is 152 cm³/mol. The lowest BCUT2D eigenvalue weighted by Crippen LogP contribution is -3.00. The fourth-order valence-electron chi connectivity index (χ4n) is 5.17. The molecule has 0 bridgehead atoms. The van der Waals surface area contributed by atoms with Gasteiger partial charge in [0, 0.05) is 0 Å². The monoisotopic (exact) mass is 627 g/mol. The standard InChI is InChI=1S/C32H37NO7.BrH/c1-4-25(21-11-7-5-8-12-21)26(22-13-9-6-10-14-22)23-15-17-24(18-16-23)39-20-19-33(2,3)31-29(36)27(34)28(35)30(40-31)32(37)38;/h5-18,27-31,34-36H,4,19-20H2,1-3H3;1H/b26-25-;/t27-,28-,29+,30-,31+;/m0./s1. The van der Waals surface area contributed by atoms with Gasteiger partial charge in [-0.3, -0.25) is 4.48 Å². The predicted octanol–water partition coefficient (Wildman–Crippen LogP) is 0.407. The quantitative estimate of drug-likeness (QED) is 0.190. The molecule has 220 valence electrons. The molecule has 1 fully saturated rings. The van der Waals surface area contributed by atoms with E-state index in [9.17, 15) is 25.2 Å². The number of carboxylic acid groups (broad SMARTS) is 1. The van der Waals surface area contributed by atoms with Gasteiger partial charge in [0.1, 0.15) is 31.1 Å². The highest BCUT2D eigenvalue weighted by Crippen LogP contribution is 2.35. The Hall–Kier alpha value is -3.05. The molecule has 3 aromatic carbocycles. The Morgan fingerprint density at radius 2 is 1.34 bits per heavy atom. The molecule has 8 nitrogen and oxygen atoms in total. The number of hydrogen-bond donors (Lipinski definition) is 4. The topological polar surface area (TPSA) is 116 Å². The first-order valence-electron chi connectivity index (χ1n) is 13.5. The molecule has 41 heavy (non-hydrogen) atoms. The Labute approximate surface area is 251 Å². The lowest BCUT2D eigenvalue weighted by atomic mass is 9.88. The highest BCUT2D eigenvalue weighted by atomic mass is 79.9. The Morgan fingerprint density at radius 1 is 0.805 bits per heavy atom. The molecule has 0 saturated carbocycles. The third-order valence-electron chi connectivity index (χ3n) is 7.44. The molecule has 0 aromatic heterocycles. The van der Waals surface area contributed by atoms with Gasteiger partial charge in [-0.05, 0) is 46.4 Å². The average molecular weight is 629 g/mol. The van der Waals surface area contributed by atoms with Gasteiger partial charge < -0.3 is 46.9 Å². The van der Waals surface area contributed by atoms with Crippen molar-refractivity contribution in [3.05, 3.63) is 102 Å². The maximum absolute atomic E-state index is 11.5. The average Bonchev–Trinajstić information content (AvgIpc) is 2.95. The minimum absolute atomic E-state index is 0. The number of rotatable bonds is 10. The van der Waals surface area contributed by atoms with Crippen LogP contribution >= 0.6 is 0 Å². The number of nitrogens with zero attached hydrogens (tertiary/aromatic N) is 1. The second kappa shape index (κ2) is 14.2. The maximum Gasteiger partial charge on any atom is 0.335 e. The van der Waals surface area contributed by atoms with Crippen molar-refractivity contribution in [1.82, 2.24) is 0 Å². The second-order valence-corrected chi connectivity index (χ2v) is 10.6. The molecule has 0 aliphatic carbocycles. The first kappa shape index (κ1) is 32.5. The van der Waals surface area contributed by atoms with Crippen molar-refractivity contribution >= 4 is 17.1 Å². The number of halogens is 1. The Balaban J connectivity index is 0.00000462. The number of carboxylic acids is 1. The number of likely N-dealkylation sites (N-methyl/N-ethyl adjacent to an activating group) is 1. The highest BCUT2D eigenvalue weighted by molar-refractivity contribution is 5.98. The van der Waals surface area contributed by atoms with Crippen molar-refractivity contribution < 1.29 is 56.2 Å². The summed E-state index contributed by atoms with van der Waals surface area (Å²) in [5, 5.41) is 40.0. The summed E-state index contributed by atoms with van der Waals surface area (Å²) in [6, 6.07) is 28.6. The molecule has 1 aliphatic heterocycles. The van der Waals surface area contributed by atoms with E-state index < -0.39 is 36.6 Å². The summed E-state index contributed by atoms with van der Waals surface area (Å²) in [6.45, 7) is 2.76. The Bertz CT molecular complexity index is 1300. The van der Waals surface area contributed by atoms with Crippen molar-refractivity contribution in [2.75, 3.05) is 27.2 Å². The molecular weight excluding hydrogens is 590 g/mol. The molecule has 5 atom stereocenters. The van der Waals surface area contributed by atoms with Crippen LogP contribution in [0.5, 0.6) is 5.75 Å².